The number of rotatable bonds is 3. The smallest absolute Gasteiger partial charge is 0.353 e. The van der Waals surface area contributed by atoms with Crippen LogP contribution in [-0.2, 0) is 0 Å². The largest absolute Gasteiger partial charge is 0.477 e. The molecule has 0 unspecified atom stereocenters. The zero-order chi connectivity index (χ0) is 14.0. The number of carbonyl (C=O) groups is 2. The van der Waals surface area contributed by atoms with Gasteiger partial charge in [0.1, 0.15) is 11.5 Å². The molecular formula is C11H7ClFN3O3. The number of aromatic nitrogens is 2. The second kappa shape index (κ2) is 5.07. The molecule has 0 bridgehead atoms. The predicted octanol–water partition coefficient (Wildman–Crippen LogP) is 2.15. The van der Waals surface area contributed by atoms with Gasteiger partial charge in [-0.05, 0) is 12.1 Å². The van der Waals surface area contributed by atoms with Gasteiger partial charge >= 0.3 is 5.97 Å². The maximum Gasteiger partial charge on any atom is 0.353 e. The fraction of sp³-hybridized carbons (Fsp3) is 0. The Balaban J connectivity index is 2.21. The molecule has 0 aliphatic carbocycles. The summed E-state index contributed by atoms with van der Waals surface area (Å²) in [6.45, 7) is 0. The summed E-state index contributed by atoms with van der Waals surface area (Å²) in [4.78, 5) is 22.4. The first kappa shape index (κ1) is 13.0. The molecule has 8 heteroatoms. The molecule has 0 aliphatic heterocycles. The van der Waals surface area contributed by atoms with Crippen LogP contribution >= 0.6 is 11.6 Å². The Bertz CT molecular complexity index is 656. The van der Waals surface area contributed by atoms with Gasteiger partial charge in [0, 0.05) is 6.07 Å². The van der Waals surface area contributed by atoms with Gasteiger partial charge in [0.25, 0.3) is 5.91 Å². The number of carbonyl (C=O) groups excluding carboxylic acids is 1. The van der Waals surface area contributed by atoms with Crippen molar-refractivity contribution in [2.75, 3.05) is 5.32 Å². The van der Waals surface area contributed by atoms with Crippen LogP contribution in [0.5, 0.6) is 0 Å². The molecule has 98 valence electrons. The highest BCUT2D eigenvalue weighted by Crippen LogP contribution is 2.20. The molecule has 1 heterocycles. The Kier molecular flexibility index (Phi) is 3.48. The van der Waals surface area contributed by atoms with Crippen LogP contribution < -0.4 is 5.32 Å². The Labute approximate surface area is 111 Å². The van der Waals surface area contributed by atoms with Crippen LogP contribution in [0, 0.1) is 5.82 Å². The topological polar surface area (TPSA) is 95.1 Å². The molecule has 3 N–H and O–H groups in total. The number of nitrogens with one attached hydrogen (secondary N) is 2. The van der Waals surface area contributed by atoms with E-state index in [-0.39, 0.29) is 22.1 Å². The van der Waals surface area contributed by atoms with Crippen LogP contribution in [0.4, 0.5) is 10.2 Å². The van der Waals surface area contributed by atoms with Crippen molar-refractivity contribution in [2.45, 2.75) is 0 Å². The lowest BCUT2D eigenvalue weighted by Crippen LogP contribution is -2.13. The van der Waals surface area contributed by atoms with Crippen LogP contribution in [0.1, 0.15) is 20.8 Å². The van der Waals surface area contributed by atoms with Crippen molar-refractivity contribution >= 4 is 29.3 Å². The van der Waals surface area contributed by atoms with Crippen LogP contribution in [0.2, 0.25) is 5.02 Å². The van der Waals surface area contributed by atoms with Gasteiger partial charge in [-0.2, -0.15) is 5.10 Å². The van der Waals surface area contributed by atoms with E-state index in [1.165, 1.54) is 12.1 Å². The van der Waals surface area contributed by atoms with Gasteiger partial charge in [0.2, 0.25) is 0 Å². The molecule has 1 aromatic heterocycles. The molecule has 0 aliphatic rings. The first-order valence-corrected chi connectivity index (χ1v) is 5.41. The molecular weight excluding hydrogens is 277 g/mol. The van der Waals surface area contributed by atoms with E-state index in [9.17, 15) is 14.0 Å². The van der Waals surface area contributed by atoms with E-state index in [1.54, 1.807) is 0 Å². The third-order valence-electron chi connectivity index (χ3n) is 2.25. The van der Waals surface area contributed by atoms with Crippen molar-refractivity contribution < 1.29 is 19.1 Å². The van der Waals surface area contributed by atoms with Gasteiger partial charge in [-0.15, -0.1) is 0 Å². The molecule has 0 saturated heterocycles. The SMILES string of the molecule is O=C(O)c1cc(NC(=O)c2cccc(F)c2Cl)n[nH]1. The summed E-state index contributed by atoms with van der Waals surface area (Å²) in [6.07, 6.45) is 0. The minimum atomic E-state index is -1.21. The van der Waals surface area contributed by atoms with E-state index in [1.807, 2.05) is 0 Å². The van der Waals surface area contributed by atoms with Crippen LogP contribution in [0.25, 0.3) is 0 Å². The van der Waals surface area contributed by atoms with Gasteiger partial charge in [-0.3, -0.25) is 9.89 Å². The second-order valence-corrected chi connectivity index (χ2v) is 3.91. The molecule has 19 heavy (non-hydrogen) atoms. The summed E-state index contributed by atoms with van der Waals surface area (Å²) in [6, 6.07) is 4.93. The lowest BCUT2D eigenvalue weighted by Gasteiger charge is -2.04. The third-order valence-corrected chi connectivity index (χ3v) is 2.63. The fourth-order valence-corrected chi connectivity index (χ4v) is 1.57. The van der Waals surface area contributed by atoms with E-state index in [0.717, 1.165) is 12.1 Å². The van der Waals surface area contributed by atoms with Gasteiger partial charge in [0.15, 0.2) is 5.82 Å². The molecule has 0 atom stereocenters. The summed E-state index contributed by atoms with van der Waals surface area (Å²) in [5, 5.41) is 16.5. The number of H-pyrrole nitrogens is 1. The number of amides is 1. The van der Waals surface area contributed by atoms with Crippen molar-refractivity contribution in [1.29, 1.82) is 0 Å². The zero-order valence-corrected chi connectivity index (χ0v) is 10.0. The van der Waals surface area contributed by atoms with E-state index >= 15 is 0 Å². The van der Waals surface area contributed by atoms with Crippen LogP contribution in [-0.4, -0.2) is 27.2 Å². The van der Waals surface area contributed by atoms with Gasteiger partial charge in [0.05, 0.1) is 10.6 Å². The molecule has 0 radical (unpaired) electrons. The molecule has 0 fully saturated rings. The first-order valence-electron chi connectivity index (χ1n) is 5.03. The molecule has 0 spiro atoms. The number of aromatic amines is 1. The molecule has 2 rings (SSSR count). The van der Waals surface area contributed by atoms with Crippen molar-refractivity contribution in [3.63, 3.8) is 0 Å². The number of aromatic carboxylic acids is 1. The molecule has 6 nitrogen and oxygen atoms in total. The highest BCUT2D eigenvalue weighted by molar-refractivity contribution is 6.34. The lowest BCUT2D eigenvalue weighted by molar-refractivity contribution is 0.0690. The van der Waals surface area contributed by atoms with E-state index < -0.39 is 17.7 Å². The molecule has 0 saturated carbocycles. The number of carboxylic acids is 1. The van der Waals surface area contributed by atoms with Crippen molar-refractivity contribution in [2.24, 2.45) is 0 Å². The number of carboxylic acid groups (broad SMARTS) is 1. The number of nitrogens with zero attached hydrogens (tertiary/aromatic N) is 1. The Morgan fingerprint density at radius 2 is 2.16 bits per heavy atom. The predicted molar refractivity (Wildman–Crippen MR) is 64.9 cm³/mol. The maximum absolute atomic E-state index is 13.2. The van der Waals surface area contributed by atoms with Gasteiger partial charge < -0.3 is 10.4 Å². The minimum Gasteiger partial charge on any atom is -0.477 e. The highest BCUT2D eigenvalue weighted by Gasteiger charge is 2.15. The van der Waals surface area contributed by atoms with E-state index in [2.05, 4.69) is 15.5 Å². The first-order chi connectivity index (χ1) is 8.99. The molecule has 1 amide bonds. The summed E-state index contributed by atoms with van der Waals surface area (Å²) < 4.78 is 13.2. The standard InChI is InChI=1S/C11H7ClFN3O3/c12-9-5(2-1-3-6(9)13)10(17)14-8-4-7(11(18)19)15-16-8/h1-4H,(H,18,19)(H2,14,15,16,17). The lowest BCUT2D eigenvalue weighted by atomic mass is 10.2. The Morgan fingerprint density at radius 3 is 2.79 bits per heavy atom. The number of hydrogen-bond donors (Lipinski definition) is 3. The van der Waals surface area contributed by atoms with Gasteiger partial charge in [-0.1, -0.05) is 17.7 Å². The zero-order valence-electron chi connectivity index (χ0n) is 9.28. The monoisotopic (exact) mass is 283 g/mol. The third kappa shape index (κ3) is 2.71. The number of halogens is 2. The summed E-state index contributed by atoms with van der Waals surface area (Å²) in [5.74, 6) is -2.62. The number of anilines is 1. The summed E-state index contributed by atoms with van der Waals surface area (Å²) in [5.41, 5.74) is -0.248. The Morgan fingerprint density at radius 1 is 1.42 bits per heavy atom. The molecule has 1 aromatic carbocycles. The average Bonchev–Trinajstić information content (AvgIpc) is 2.81. The van der Waals surface area contributed by atoms with Crippen molar-refractivity contribution in [3.8, 4) is 0 Å². The summed E-state index contributed by atoms with van der Waals surface area (Å²) >= 11 is 5.65. The van der Waals surface area contributed by atoms with E-state index in [4.69, 9.17) is 16.7 Å². The minimum absolute atomic E-state index is 0.00253. The van der Waals surface area contributed by atoms with E-state index in [0.29, 0.717) is 0 Å². The Hall–Kier alpha value is -2.41. The highest BCUT2D eigenvalue weighted by atomic mass is 35.5. The number of hydrogen-bond acceptors (Lipinski definition) is 3. The van der Waals surface area contributed by atoms with Crippen molar-refractivity contribution in [1.82, 2.24) is 10.2 Å². The van der Waals surface area contributed by atoms with Gasteiger partial charge in [-0.25, -0.2) is 9.18 Å². The second-order valence-electron chi connectivity index (χ2n) is 3.53. The fourth-order valence-electron chi connectivity index (χ4n) is 1.36. The average molecular weight is 284 g/mol. The normalized spacial score (nSPS) is 10.2. The molecule has 2 aromatic rings. The summed E-state index contributed by atoms with van der Waals surface area (Å²) in [7, 11) is 0. The van der Waals surface area contributed by atoms with Crippen molar-refractivity contribution in [3.05, 3.63) is 46.4 Å². The number of benzene rings is 1. The quantitative estimate of drug-likeness (QED) is 0.804. The van der Waals surface area contributed by atoms with Crippen LogP contribution in [0.3, 0.4) is 0 Å². The van der Waals surface area contributed by atoms with Crippen LogP contribution in [0.15, 0.2) is 24.3 Å². The maximum atomic E-state index is 13.2.